The summed E-state index contributed by atoms with van der Waals surface area (Å²) in [4.78, 5) is 46.1. The molecule has 14 heteroatoms. The van der Waals surface area contributed by atoms with Gasteiger partial charge in [-0.25, -0.2) is 23.3 Å². The highest BCUT2D eigenvalue weighted by Crippen LogP contribution is 2.27. The summed E-state index contributed by atoms with van der Waals surface area (Å²) in [6, 6.07) is -0.625. The second-order valence-electron chi connectivity index (χ2n) is 6.33. The van der Waals surface area contributed by atoms with Crippen LogP contribution in [0.3, 0.4) is 0 Å². The van der Waals surface area contributed by atoms with Crippen molar-refractivity contribution in [2.24, 2.45) is 5.14 Å². The molecule has 2 amide bonds. The number of thiophene rings is 1. The number of aromatic nitrogens is 2. The molecule has 0 saturated carbocycles. The maximum Gasteiger partial charge on any atom is 0.326 e. The number of primary sulfonamides is 1. The van der Waals surface area contributed by atoms with Crippen molar-refractivity contribution < 1.29 is 27.9 Å². The van der Waals surface area contributed by atoms with Gasteiger partial charge in [-0.15, -0.1) is 23.1 Å². The molecule has 1 aliphatic rings. The summed E-state index contributed by atoms with van der Waals surface area (Å²) in [7, 11) is -4.14. The summed E-state index contributed by atoms with van der Waals surface area (Å²) in [6.07, 6.45) is 4.52. The molecule has 4 N–H and O–H groups in total. The Morgan fingerprint density at radius 1 is 1.37 bits per heavy atom. The number of carbonyl (C=O) groups is 3. The largest absolute Gasteiger partial charge is 0.480 e. The normalized spacial score (nSPS) is 18.9. The lowest BCUT2D eigenvalue weighted by Crippen LogP contribution is -2.42. The number of hydrogen-bond donors (Lipinski definition) is 3. The van der Waals surface area contributed by atoms with Crippen LogP contribution in [0.5, 0.6) is 0 Å². The van der Waals surface area contributed by atoms with Crippen molar-refractivity contribution in [1.82, 2.24) is 20.2 Å². The summed E-state index contributed by atoms with van der Waals surface area (Å²) < 4.78 is 23.1. The lowest BCUT2D eigenvalue weighted by Gasteiger charge is -2.21. The van der Waals surface area contributed by atoms with E-state index in [4.69, 9.17) is 5.14 Å². The average molecular weight is 472 g/mol. The van der Waals surface area contributed by atoms with E-state index < -0.39 is 39.9 Å². The molecule has 3 heterocycles. The molecular weight excluding hydrogens is 454 g/mol. The highest BCUT2D eigenvalue weighted by molar-refractivity contribution is 7.98. The zero-order valence-electron chi connectivity index (χ0n) is 15.5. The van der Waals surface area contributed by atoms with Gasteiger partial charge in [0.2, 0.25) is 10.0 Å². The number of thioether (sulfide) groups is 1. The molecule has 2 atom stereocenters. The first-order valence-corrected chi connectivity index (χ1v) is 12.1. The van der Waals surface area contributed by atoms with Gasteiger partial charge in [0.1, 0.15) is 21.0 Å². The van der Waals surface area contributed by atoms with Gasteiger partial charge in [-0.3, -0.25) is 14.6 Å². The third-order valence-corrected chi connectivity index (χ3v) is 7.40. The number of nitrogens with zero attached hydrogens (tertiary/aromatic N) is 3. The minimum absolute atomic E-state index is 0.0443. The SMILES string of the molecule is CSc1cncc(C(=O)N[C@@H]2CC(C(=O)O)N(C(=O)c3ccsc3S(N)(=O)=O)C2)n1. The Balaban J connectivity index is 1.80. The van der Waals surface area contributed by atoms with Gasteiger partial charge in [0.05, 0.1) is 18.0 Å². The Hall–Kier alpha value is -2.55. The highest BCUT2D eigenvalue weighted by Gasteiger charge is 2.42. The van der Waals surface area contributed by atoms with Crippen LogP contribution in [0.4, 0.5) is 0 Å². The van der Waals surface area contributed by atoms with Crippen molar-refractivity contribution in [3.8, 4) is 0 Å². The van der Waals surface area contributed by atoms with E-state index in [2.05, 4.69) is 15.3 Å². The van der Waals surface area contributed by atoms with Crippen LogP contribution < -0.4 is 10.5 Å². The smallest absolute Gasteiger partial charge is 0.326 e. The molecule has 1 fully saturated rings. The number of nitrogens with two attached hydrogens (primary N) is 1. The molecule has 0 spiro atoms. The number of carboxylic acids is 1. The number of aliphatic carboxylic acids is 1. The number of sulfonamides is 1. The summed E-state index contributed by atoms with van der Waals surface area (Å²) in [5.41, 5.74) is -0.132. The van der Waals surface area contributed by atoms with Crippen LogP contribution >= 0.6 is 23.1 Å². The fourth-order valence-corrected chi connectivity index (χ4v) is 5.17. The zero-order chi connectivity index (χ0) is 22.1. The zero-order valence-corrected chi connectivity index (χ0v) is 18.0. The van der Waals surface area contributed by atoms with Gasteiger partial charge in [-0.05, 0) is 17.7 Å². The van der Waals surface area contributed by atoms with Crippen LogP contribution in [-0.4, -0.2) is 71.1 Å². The Bertz CT molecular complexity index is 1100. The number of carboxylic acid groups (broad SMARTS) is 1. The Labute approximate surface area is 179 Å². The van der Waals surface area contributed by atoms with Crippen LogP contribution in [-0.2, 0) is 14.8 Å². The van der Waals surface area contributed by atoms with E-state index in [1.165, 1.54) is 35.6 Å². The van der Waals surface area contributed by atoms with E-state index in [-0.39, 0.29) is 28.4 Å². The van der Waals surface area contributed by atoms with Crippen molar-refractivity contribution in [2.45, 2.75) is 27.7 Å². The Morgan fingerprint density at radius 2 is 2.10 bits per heavy atom. The minimum Gasteiger partial charge on any atom is -0.480 e. The van der Waals surface area contributed by atoms with Gasteiger partial charge in [0.25, 0.3) is 11.8 Å². The second-order valence-corrected chi connectivity index (χ2v) is 9.83. The highest BCUT2D eigenvalue weighted by atomic mass is 32.2. The van der Waals surface area contributed by atoms with Crippen LogP contribution in [0, 0.1) is 0 Å². The summed E-state index contributed by atoms with van der Waals surface area (Å²) in [5.74, 6) is -2.60. The summed E-state index contributed by atoms with van der Waals surface area (Å²) >= 11 is 2.08. The fourth-order valence-electron chi connectivity index (χ4n) is 3.04. The third-order valence-electron chi connectivity index (χ3n) is 4.35. The van der Waals surface area contributed by atoms with Crippen LogP contribution in [0.1, 0.15) is 27.3 Å². The van der Waals surface area contributed by atoms with E-state index in [1.54, 1.807) is 6.26 Å². The number of likely N-dealkylation sites (tertiary alicyclic amines) is 1. The Kier molecular flexibility index (Phi) is 6.40. The molecule has 160 valence electrons. The van der Waals surface area contributed by atoms with Crippen molar-refractivity contribution in [3.05, 3.63) is 35.1 Å². The molecule has 0 radical (unpaired) electrons. The van der Waals surface area contributed by atoms with E-state index in [0.717, 1.165) is 16.2 Å². The predicted molar refractivity (Wildman–Crippen MR) is 108 cm³/mol. The first kappa shape index (κ1) is 22.1. The molecule has 1 aliphatic heterocycles. The van der Waals surface area contributed by atoms with Gasteiger partial charge in [-0.2, -0.15) is 0 Å². The first-order chi connectivity index (χ1) is 14.1. The predicted octanol–water partition coefficient (Wildman–Crippen LogP) is 0.00510. The van der Waals surface area contributed by atoms with Crippen LogP contribution in [0.15, 0.2) is 33.1 Å². The summed E-state index contributed by atoms with van der Waals surface area (Å²) in [5, 5.41) is 19.2. The molecule has 2 aromatic heterocycles. The number of rotatable bonds is 6. The van der Waals surface area contributed by atoms with Crippen molar-refractivity contribution in [2.75, 3.05) is 12.8 Å². The molecule has 0 aliphatic carbocycles. The topological polar surface area (TPSA) is 173 Å². The van der Waals surface area contributed by atoms with E-state index in [1.807, 2.05) is 0 Å². The molecule has 30 heavy (non-hydrogen) atoms. The quantitative estimate of drug-likeness (QED) is 0.490. The van der Waals surface area contributed by atoms with E-state index in [9.17, 15) is 27.9 Å². The molecule has 3 rings (SSSR count). The monoisotopic (exact) mass is 471 g/mol. The molecule has 1 unspecified atom stereocenters. The molecule has 0 bridgehead atoms. The first-order valence-electron chi connectivity index (χ1n) is 8.42. The molecule has 1 saturated heterocycles. The summed E-state index contributed by atoms with van der Waals surface area (Å²) in [6.45, 7) is -0.114. The number of carbonyl (C=O) groups excluding carboxylic acids is 2. The van der Waals surface area contributed by atoms with Gasteiger partial charge >= 0.3 is 5.97 Å². The number of hydrogen-bond acceptors (Lipinski definition) is 9. The van der Waals surface area contributed by atoms with E-state index in [0.29, 0.717) is 5.03 Å². The maximum atomic E-state index is 12.9. The molecular formula is C16H17N5O6S3. The van der Waals surface area contributed by atoms with Crippen molar-refractivity contribution in [3.63, 3.8) is 0 Å². The molecule has 2 aromatic rings. The van der Waals surface area contributed by atoms with E-state index >= 15 is 0 Å². The lowest BCUT2D eigenvalue weighted by atomic mass is 10.1. The van der Waals surface area contributed by atoms with Crippen LogP contribution in [0.25, 0.3) is 0 Å². The number of nitrogens with one attached hydrogen (secondary N) is 1. The third kappa shape index (κ3) is 4.61. The van der Waals surface area contributed by atoms with Gasteiger partial charge in [-0.1, -0.05) is 0 Å². The standard InChI is InChI=1S/C16H17N5O6S3/c1-28-12-6-18-5-10(20-12)13(22)19-8-4-11(15(24)25)21(7-8)14(23)9-2-3-29-16(9)30(17,26)27/h2-3,5-6,8,11H,4,7H2,1H3,(H,19,22)(H,24,25)(H2,17,26,27)/t8-,11?/m1/s1. The lowest BCUT2D eigenvalue weighted by molar-refractivity contribution is -0.141. The number of amides is 2. The van der Waals surface area contributed by atoms with Gasteiger partial charge in [0.15, 0.2) is 0 Å². The average Bonchev–Trinajstić information content (AvgIpc) is 3.34. The Morgan fingerprint density at radius 3 is 2.73 bits per heavy atom. The second kappa shape index (κ2) is 8.67. The van der Waals surface area contributed by atoms with Crippen molar-refractivity contribution in [1.29, 1.82) is 0 Å². The molecule has 11 nitrogen and oxygen atoms in total. The minimum atomic E-state index is -4.14. The van der Waals surface area contributed by atoms with Crippen LogP contribution in [0.2, 0.25) is 0 Å². The van der Waals surface area contributed by atoms with Gasteiger partial charge in [0, 0.05) is 19.0 Å². The molecule has 0 aromatic carbocycles. The fraction of sp³-hybridized carbons (Fsp3) is 0.312. The van der Waals surface area contributed by atoms with Gasteiger partial charge < -0.3 is 15.3 Å². The maximum absolute atomic E-state index is 12.9. The van der Waals surface area contributed by atoms with Crippen molar-refractivity contribution >= 4 is 50.9 Å².